The van der Waals surface area contributed by atoms with E-state index in [1.807, 2.05) is 32.2 Å². The molecule has 0 aromatic heterocycles. The van der Waals surface area contributed by atoms with Crippen molar-refractivity contribution in [3.63, 3.8) is 0 Å². The maximum absolute atomic E-state index is 5.85. The Hall–Kier alpha value is -0.860. The van der Waals surface area contributed by atoms with Crippen LogP contribution in [-0.4, -0.2) is 19.6 Å². The van der Waals surface area contributed by atoms with E-state index in [-0.39, 0.29) is 6.04 Å². The third-order valence-electron chi connectivity index (χ3n) is 1.87. The molecule has 0 fully saturated rings. The second-order valence-electron chi connectivity index (χ2n) is 3.35. The maximum atomic E-state index is 5.85. The second-order valence-corrected chi connectivity index (χ2v) is 3.35. The molecule has 0 radical (unpaired) electrons. The minimum Gasteiger partial charge on any atom is -0.324 e. The van der Waals surface area contributed by atoms with Gasteiger partial charge in [0.15, 0.2) is 0 Å². The van der Waals surface area contributed by atoms with E-state index in [4.69, 9.17) is 5.73 Å². The predicted molar refractivity (Wildman–Crippen MR) is 64.2 cm³/mol. The Bertz CT molecular complexity index is 214. The molecule has 0 amide bonds. The average molecular weight is 194 g/mol. The Balaban J connectivity index is 3.86. The van der Waals surface area contributed by atoms with Crippen LogP contribution < -0.4 is 11.1 Å². The van der Waals surface area contributed by atoms with E-state index < -0.39 is 0 Å². The van der Waals surface area contributed by atoms with Crippen molar-refractivity contribution in [2.24, 2.45) is 5.73 Å². The molecule has 1 atom stereocenters. The lowest BCUT2D eigenvalue weighted by molar-refractivity contribution is 0.666. The van der Waals surface area contributed by atoms with Crippen molar-refractivity contribution in [1.82, 2.24) is 5.32 Å². The summed E-state index contributed by atoms with van der Waals surface area (Å²) in [5.41, 5.74) is 7.09. The third kappa shape index (κ3) is 7.77. The van der Waals surface area contributed by atoms with Crippen molar-refractivity contribution < 1.29 is 0 Å². The molecular weight excluding hydrogens is 172 g/mol. The van der Waals surface area contributed by atoms with Crippen LogP contribution in [0.15, 0.2) is 36.0 Å². The van der Waals surface area contributed by atoms with Gasteiger partial charge in [-0.25, -0.2) is 0 Å². The number of hydrogen-bond donors (Lipinski definition) is 2. The molecule has 2 heteroatoms. The van der Waals surface area contributed by atoms with Crippen molar-refractivity contribution >= 4 is 0 Å². The highest BCUT2D eigenvalue weighted by Crippen LogP contribution is 1.96. The molecule has 0 saturated carbocycles. The molecule has 0 aliphatic rings. The van der Waals surface area contributed by atoms with Crippen LogP contribution in [0, 0.1) is 0 Å². The molecule has 3 N–H and O–H groups in total. The van der Waals surface area contributed by atoms with Gasteiger partial charge in [0, 0.05) is 6.04 Å². The van der Waals surface area contributed by atoms with Crippen LogP contribution in [-0.2, 0) is 0 Å². The van der Waals surface area contributed by atoms with Gasteiger partial charge in [-0.3, -0.25) is 0 Å². The highest BCUT2D eigenvalue weighted by atomic mass is 14.8. The summed E-state index contributed by atoms with van der Waals surface area (Å²) in [4.78, 5) is 0. The fourth-order valence-electron chi connectivity index (χ4n) is 1.08. The molecule has 14 heavy (non-hydrogen) atoms. The molecule has 0 heterocycles. The van der Waals surface area contributed by atoms with Crippen molar-refractivity contribution in [2.75, 3.05) is 13.6 Å². The summed E-state index contributed by atoms with van der Waals surface area (Å²) >= 11 is 0. The van der Waals surface area contributed by atoms with Gasteiger partial charge in [0.05, 0.1) is 0 Å². The van der Waals surface area contributed by atoms with E-state index in [2.05, 4.69) is 24.4 Å². The number of nitrogens with two attached hydrogens (primary N) is 1. The topological polar surface area (TPSA) is 38.0 Å². The molecule has 0 aliphatic heterocycles. The number of hydrogen-bond acceptors (Lipinski definition) is 2. The molecule has 0 aromatic carbocycles. The van der Waals surface area contributed by atoms with Crippen LogP contribution in [0.4, 0.5) is 0 Å². The monoisotopic (exact) mass is 194 g/mol. The summed E-state index contributed by atoms with van der Waals surface area (Å²) in [5.74, 6) is 0. The van der Waals surface area contributed by atoms with Gasteiger partial charge in [0.2, 0.25) is 0 Å². The van der Waals surface area contributed by atoms with Crippen molar-refractivity contribution in [2.45, 2.75) is 26.3 Å². The Morgan fingerprint density at radius 3 is 2.79 bits per heavy atom. The lowest BCUT2D eigenvalue weighted by Crippen LogP contribution is -2.22. The summed E-state index contributed by atoms with van der Waals surface area (Å²) < 4.78 is 0. The van der Waals surface area contributed by atoms with Crippen LogP contribution in [0.2, 0.25) is 0 Å². The van der Waals surface area contributed by atoms with E-state index >= 15 is 0 Å². The first kappa shape index (κ1) is 13.1. The van der Waals surface area contributed by atoms with Gasteiger partial charge in [0.1, 0.15) is 0 Å². The van der Waals surface area contributed by atoms with E-state index in [9.17, 15) is 0 Å². The minimum atomic E-state index is 0.150. The van der Waals surface area contributed by atoms with Gasteiger partial charge in [-0.1, -0.05) is 36.0 Å². The Labute approximate surface area is 87.6 Å². The molecule has 0 bridgehead atoms. The average Bonchev–Trinajstić information content (AvgIpc) is 2.15. The number of allylic oxidation sites excluding steroid dienone is 5. The molecule has 2 nitrogen and oxygen atoms in total. The lowest BCUT2D eigenvalue weighted by atomic mass is 10.2. The van der Waals surface area contributed by atoms with E-state index in [0.717, 1.165) is 13.0 Å². The van der Waals surface area contributed by atoms with Gasteiger partial charge >= 0.3 is 0 Å². The van der Waals surface area contributed by atoms with E-state index in [1.165, 1.54) is 5.57 Å². The smallest absolute Gasteiger partial charge is 0.0238 e. The summed E-state index contributed by atoms with van der Waals surface area (Å²) in [7, 11) is 1.94. The number of rotatable bonds is 6. The molecule has 80 valence electrons. The van der Waals surface area contributed by atoms with Crippen LogP contribution in [0.25, 0.3) is 0 Å². The largest absolute Gasteiger partial charge is 0.324 e. The summed E-state index contributed by atoms with van der Waals surface area (Å²) in [6.45, 7) is 5.05. The van der Waals surface area contributed by atoms with E-state index in [1.54, 1.807) is 0 Å². The first-order valence-electron chi connectivity index (χ1n) is 5.08. The highest BCUT2D eigenvalue weighted by Gasteiger charge is 1.93. The Morgan fingerprint density at radius 1 is 1.50 bits per heavy atom. The number of nitrogens with one attached hydrogen (secondary N) is 1. The van der Waals surface area contributed by atoms with Crippen molar-refractivity contribution in [1.29, 1.82) is 0 Å². The Kier molecular flexibility index (Phi) is 8.19. The Morgan fingerprint density at radius 2 is 2.21 bits per heavy atom. The van der Waals surface area contributed by atoms with E-state index in [0.29, 0.717) is 0 Å². The molecule has 1 unspecified atom stereocenters. The minimum absolute atomic E-state index is 0.150. The van der Waals surface area contributed by atoms with Crippen LogP contribution in [0.3, 0.4) is 0 Å². The van der Waals surface area contributed by atoms with Gasteiger partial charge in [0.25, 0.3) is 0 Å². The first-order valence-corrected chi connectivity index (χ1v) is 5.08. The molecule has 0 rings (SSSR count). The zero-order chi connectivity index (χ0) is 10.8. The van der Waals surface area contributed by atoms with Crippen LogP contribution in [0.1, 0.15) is 20.3 Å². The SMILES string of the molecule is C\C=C/C(C)=C\C=C\C(N)CCNC. The predicted octanol–water partition coefficient (Wildman–Crippen LogP) is 2.00. The zero-order valence-corrected chi connectivity index (χ0v) is 9.46. The standard InChI is InChI=1S/C12H22N2/c1-4-6-11(2)7-5-8-12(13)9-10-14-3/h4-8,12,14H,9-10,13H2,1-3H3/b6-4-,8-5+,11-7-. The summed E-state index contributed by atoms with van der Waals surface area (Å²) in [6.07, 6.45) is 11.2. The lowest BCUT2D eigenvalue weighted by Gasteiger charge is -2.04. The molecule has 0 aromatic rings. The zero-order valence-electron chi connectivity index (χ0n) is 9.46. The van der Waals surface area contributed by atoms with Gasteiger partial charge < -0.3 is 11.1 Å². The molecule has 0 saturated heterocycles. The van der Waals surface area contributed by atoms with Gasteiger partial charge in [-0.05, 0) is 33.9 Å². The first-order chi connectivity index (χ1) is 6.70. The summed E-state index contributed by atoms with van der Waals surface area (Å²) in [5, 5.41) is 3.08. The van der Waals surface area contributed by atoms with Crippen molar-refractivity contribution in [3.05, 3.63) is 36.0 Å². The third-order valence-corrected chi connectivity index (χ3v) is 1.87. The van der Waals surface area contributed by atoms with Crippen LogP contribution >= 0.6 is 0 Å². The fraction of sp³-hybridized carbons (Fsp3) is 0.500. The van der Waals surface area contributed by atoms with Gasteiger partial charge in [-0.2, -0.15) is 0 Å². The second kappa shape index (κ2) is 8.73. The fourth-order valence-corrected chi connectivity index (χ4v) is 1.08. The summed E-state index contributed by atoms with van der Waals surface area (Å²) in [6, 6.07) is 0.150. The molecule has 0 aliphatic carbocycles. The molecular formula is C12H22N2. The van der Waals surface area contributed by atoms with Crippen molar-refractivity contribution in [3.8, 4) is 0 Å². The van der Waals surface area contributed by atoms with Gasteiger partial charge in [-0.15, -0.1) is 0 Å². The quantitative estimate of drug-likeness (QED) is 0.635. The normalized spacial score (nSPS) is 15.6. The molecule has 0 spiro atoms. The van der Waals surface area contributed by atoms with Crippen LogP contribution in [0.5, 0.6) is 0 Å². The highest BCUT2D eigenvalue weighted by molar-refractivity contribution is 5.21. The maximum Gasteiger partial charge on any atom is 0.0238 e.